The molecule has 2 heterocycles. The van der Waals surface area contributed by atoms with Crippen molar-refractivity contribution >= 4 is 46.3 Å². The van der Waals surface area contributed by atoms with Crippen LogP contribution in [0.2, 0.25) is 5.02 Å². The molecule has 9 nitrogen and oxygen atoms in total. The van der Waals surface area contributed by atoms with Crippen molar-refractivity contribution in [2.45, 2.75) is 6.18 Å². The number of carbonyl (C=O) groups is 2. The number of anilines is 3. The highest BCUT2D eigenvalue weighted by atomic mass is 35.5. The number of aromatic carboxylic acids is 1. The van der Waals surface area contributed by atoms with Gasteiger partial charge < -0.3 is 21.5 Å². The Hall–Kier alpha value is -4.32. The van der Waals surface area contributed by atoms with E-state index in [4.69, 9.17) is 17.3 Å². The van der Waals surface area contributed by atoms with E-state index in [0.29, 0.717) is 22.3 Å². The lowest BCUT2D eigenvalue weighted by Crippen LogP contribution is -2.19. The predicted octanol–water partition coefficient (Wildman–Crippen LogP) is 4.99. The number of fused-ring (bicyclic) bond motifs is 1. The zero-order valence-electron chi connectivity index (χ0n) is 16.9. The molecule has 0 bridgehead atoms. The standard InChI is InChI=1S/C21H14ClF3N6O3/c22-15-6-5-12(7-14(15)21(23,24)25)30-20(34)29-11-3-1-10(2-4-11)16-13(19(32)33)8-31-17(16)18(26)27-9-28-31/h1-9H,(H,32,33)(H2,26,27,28)(H2,29,30,34). The van der Waals surface area contributed by atoms with E-state index >= 15 is 0 Å². The first-order chi connectivity index (χ1) is 16.0. The maximum Gasteiger partial charge on any atom is 0.417 e. The Morgan fingerprint density at radius 2 is 1.71 bits per heavy atom. The summed E-state index contributed by atoms with van der Waals surface area (Å²) in [5.74, 6) is -1.11. The Labute approximate surface area is 194 Å². The maximum absolute atomic E-state index is 13.0. The second-order valence-electron chi connectivity index (χ2n) is 7.01. The van der Waals surface area contributed by atoms with E-state index in [9.17, 15) is 27.9 Å². The van der Waals surface area contributed by atoms with Gasteiger partial charge in [-0.25, -0.2) is 19.1 Å². The number of urea groups is 1. The predicted molar refractivity (Wildman–Crippen MR) is 119 cm³/mol. The van der Waals surface area contributed by atoms with E-state index in [0.717, 1.165) is 12.1 Å². The SMILES string of the molecule is Nc1ncnn2cc(C(=O)O)c(-c3ccc(NC(=O)Nc4ccc(Cl)c(C(F)(F)F)c4)cc3)c12. The van der Waals surface area contributed by atoms with Crippen LogP contribution in [0.15, 0.2) is 55.0 Å². The number of hydrogen-bond donors (Lipinski definition) is 4. The number of nitrogens with one attached hydrogen (secondary N) is 2. The first-order valence-corrected chi connectivity index (χ1v) is 9.82. The molecule has 0 unspecified atom stereocenters. The molecule has 0 fully saturated rings. The molecule has 0 radical (unpaired) electrons. The van der Waals surface area contributed by atoms with Crippen molar-refractivity contribution in [3.8, 4) is 11.1 Å². The van der Waals surface area contributed by atoms with Crippen molar-refractivity contribution in [3.63, 3.8) is 0 Å². The van der Waals surface area contributed by atoms with Crippen molar-refractivity contribution in [3.05, 3.63) is 71.1 Å². The van der Waals surface area contributed by atoms with Crippen LogP contribution in [0.4, 0.5) is 35.2 Å². The van der Waals surface area contributed by atoms with Crippen LogP contribution in [0.25, 0.3) is 16.6 Å². The molecule has 34 heavy (non-hydrogen) atoms. The van der Waals surface area contributed by atoms with Crippen molar-refractivity contribution in [1.82, 2.24) is 14.6 Å². The van der Waals surface area contributed by atoms with Gasteiger partial charge in [0.15, 0.2) is 5.82 Å². The molecule has 5 N–H and O–H groups in total. The number of carboxylic acid groups (broad SMARTS) is 1. The summed E-state index contributed by atoms with van der Waals surface area (Å²) in [7, 11) is 0. The zero-order chi connectivity index (χ0) is 24.6. The average Bonchev–Trinajstić information content (AvgIpc) is 3.16. The molecular weight excluding hydrogens is 477 g/mol. The quantitative estimate of drug-likeness (QED) is 0.318. The van der Waals surface area contributed by atoms with Crippen LogP contribution in [-0.4, -0.2) is 31.7 Å². The van der Waals surface area contributed by atoms with Gasteiger partial charge in [0.05, 0.1) is 16.1 Å². The van der Waals surface area contributed by atoms with Crippen molar-refractivity contribution < 1.29 is 27.9 Å². The summed E-state index contributed by atoms with van der Waals surface area (Å²) in [6.07, 6.45) is -2.17. The van der Waals surface area contributed by atoms with Crippen molar-refractivity contribution in [1.29, 1.82) is 0 Å². The van der Waals surface area contributed by atoms with Crippen molar-refractivity contribution in [2.24, 2.45) is 0 Å². The third-order valence-electron chi connectivity index (χ3n) is 4.79. The van der Waals surface area contributed by atoms with Crippen LogP contribution in [-0.2, 0) is 6.18 Å². The number of hydrogen-bond acceptors (Lipinski definition) is 5. The molecule has 0 saturated carbocycles. The fraction of sp³-hybridized carbons (Fsp3) is 0.0476. The number of carboxylic acids is 1. The van der Waals surface area contributed by atoms with Crippen LogP contribution < -0.4 is 16.4 Å². The minimum atomic E-state index is -4.67. The molecule has 0 atom stereocenters. The van der Waals surface area contributed by atoms with E-state index < -0.39 is 28.8 Å². The van der Waals surface area contributed by atoms with Crippen molar-refractivity contribution in [2.75, 3.05) is 16.4 Å². The lowest BCUT2D eigenvalue weighted by molar-refractivity contribution is -0.137. The Morgan fingerprint density at radius 3 is 2.35 bits per heavy atom. The number of nitrogens with zero attached hydrogens (tertiary/aromatic N) is 3. The summed E-state index contributed by atoms with van der Waals surface area (Å²) < 4.78 is 40.3. The molecule has 4 aromatic rings. The summed E-state index contributed by atoms with van der Waals surface area (Å²) in [4.78, 5) is 27.9. The number of aromatic nitrogens is 3. The third-order valence-corrected chi connectivity index (χ3v) is 5.12. The van der Waals surface area contributed by atoms with E-state index in [2.05, 4.69) is 20.7 Å². The molecule has 13 heteroatoms. The highest BCUT2D eigenvalue weighted by Crippen LogP contribution is 2.36. The minimum Gasteiger partial charge on any atom is -0.478 e. The van der Waals surface area contributed by atoms with Crippen LogP contribution in [0.5, 0.6) is 0 Å². The molecule has 0 aliphatic heterocycles. The van der Waals surface area contributed by atoms with Gasteiger partial charge in [-0.2, -0.15) is 18.3 Å². The number of carbonyl (C=O) groups excluding carboxylic acids is 1. The molecule has 0 spiro atoms. The van der Waals surface area contributed by atoms with Gasteiger partial charge in [-0.05, 0) is 35.9 Å². The van der Waals surface area contributed by atoms with Gasteiger partial charge in [0.1, 0.15) is 11.8 Å². The summed E-state index contributed by atoms with van der Waals surface area (Å²) >= 11 is 5.58. The smallest absolute Gasteiger partial charge is 0.417 e. The topological polar surface area (TPSA) is 135 Å². The third kappa shape index (κ3) is 4.43. The van der Waals surface area contributed by atoms with Gasteiger partial charge in [-0.15, -0.1) is 0 Å². The largest absolute Gasteiger partial charge is 0.478 e. The molecule has 2 aromatic carbocycles. The fourth-order valence-electron chi connectivity index (χ4n) is 3.32. The number of rotatable bonds is 4. The van der Waals surface area contributed by atoms with Gasteiger partial charge >= 0.3 is 18.2 Å². The van der Waals surface area contributed by atoms with Gasteiger partial charge in [0, 0.05) is 23.1 Å². The molecule has 174 valence electrons. The highest BCUT2D eigenvalue weighted by molar-refractivity contribution is 6.31. The lowest BCUT2D eigenvalue weighted by Gasteiger charge is -2.12. The second kappa shape index (κ2) is 8.56. The Bertz CT molecular complexity index is 1420. The molecule has 2 amide bonds. The fourth-order valence-corrected chi connectivity index (χ4v) is 3.55. The summed E-state index contributed by atoms with van der Waals surface area (Å²) in [5.41, 5.74) is 6.06. The summed E-state index contributed by atoms with van der Waals surface area (Å²) in [6.45, 7) is 0. The van der Waals surface area contributed by atoms with E-state index in [1.165, 1.54) is 35.2 Å². The normalized spacial score (nSPS) is 11.4. The van der Waals surface area contributed by atoms with Crippen LogP contribution in [0.3, 0.4) is 0 Å². The number of nitrogen functional groups attached to an aromatic ring is 1. The Morgan fingerprint density at radius 1 is 1.06 bits per heavy atom. The number of benzene rings is 2. The monoisotopic (exact) mass is 490 g/mol. The van der Waals surface area contributed by atoms with Gasteiger partial charge in [0.25, 0.3) is 0 Å². The first kappa shape index (κ1) is 22.9. The number of halogens is 4. The second-order valence-corrected chi connectivity index (χ2v) is 7.42. The van der Waals surface area contributed by atoms with E-state index in [-0.39, 0.29) is 17.1 Å². The maximum atomic E-state index is 13.0. The van der Waals surface area contributed by atoms with Gasteiger partial charge in [-0.1, -0.05) is 23.7 Å². The molecule has 0 aliphatic carbocycles. The summed E-state index contributed by atoms with van der Waals surface area (Å²) in [6, 6.07) is 8.29. The molecular formula is C21H14ClF3N6O3. The molecule has 2 aromatic heterocycles. The average molecular weight is 491 g/mol. The summed E-state index contributed by atoms with van der Waals surface area (Å²) in [5, 5.41) is 17.9. The van der Waals surface area contributed by atoms with Gasteiger partial charge in [-0.3, -0.25) is 0 Å². The zero-order valence-corrected chi connectivity index (χ0v) is 17.6. The van der Waals surface area contributed by atoms with Gasteiger partial charge in [0.2, 0.25) is 0 Å². The number of alkyl halides is 3. The lowest BCUT2D eigenvalue weighted by atomic mass is 10.0. The number of nitrogens with two attached hydrogens (primary N) is 1. The van der Waals surface area contributed by atoms with E-state index in [1.54, 1.807) is 12.1 Å². The molecule has 4 rings (SSSR count). The molecule has 0 saturated heterocycles. The van der Waals surface area contributed by atoms with Crippen LogP contribution in [0.1, 0.15) is 15.9 Å². The number of amides is 2. The molecule has 0 aliphatic rings. The van der Waals surface area contributed by atoms with Crippen LogP contribution in [0, 0.1) is 0 Å². The Balaban J connectivity index is 1.56. The highest BCUT2D eigenvalue weighted by Gasteiger charge is 2.33. The van der Waals surface area contributed by atoms with E-state index in [1.807, 2.05) is 0 Å². The Kier molecular flexibility index (Phi) is 5.75. The first-order valence-electron chi connectivity index (χ1n) is 9.45. The minimum absolute atomic E-state index is 0.0474. The van der Waals surface area contributed by atoms with Crippen LogP contribution >= 0.6 is 11.6 Å².